The van der Waals surface area contributed by atoms with Gasteiger partial charge in [-0.3, -0.25) is 4.79 Å². The number of hydrogen-bond acceptors (Lipinski definition) is 3. The maximum atomic E-state index is 11.7. The van der Waals surface area contributed by atoms with E-state index >= 15 is 0 Å². The molecule has 0 aliphatic carbocycles. The molecule has 1 N–H and O–H groups in total. The molecule has 0 bridgehead atoms. The Bertz CT molecular complexity index is 541. The van der Waals surface area contributed by atoms with Gasteiger partial charge in [0.25, 0.3) is 0 Å². The molecule has 2 unspecified atom stereocenters. The third-order valence-corrected chi connectivity index (χ3v) is 9.50. The van der Waals surface area contributed by atoms with Crippen molar-refractivity contribution < 1.29 is 9.90 Å². The number of benzene rings is 1. The Morgan fingerprint density at radius 1 is 1.40 bits per heavy atom. The van der Waals surface area contributed by atoms with Gasteiger partial charge in [0, 0.05) is 4.90 Å². The van der Waals surface area contributed by atoms with E-state index in [1.165, 1.54) is 10.8 Å². The molecule has 2 rings (SSSR count). The van der Waals surface area contributed by atoms with Gasteiger partial charge in [-0.1, -0.05) is 64.2 Å². The molecule has 0 amide bonds. The van der Waals surface area contributed by atoms with Crippen molar-refractivity contribution in [1.82, 2.24) is 0 Å². The first-order valence-corrected chi connectivity index (χ1v) is 10.1. The first kappa shape index (κ1) is 15.3. The molecule has 0 saturated carbocycles. The van der Waals surface area contributed by atoms with Crippen molar-refractivity contribution in [2.75, 3.05) is 5.75 Å². The zero-order chi connectivity index (χ0) is 14.6. The number of hydrogen-bond donors (Lipinski definition) is 1. The van der Waals surface area contributed by atoms with Crippen LogP contribution in [0.15, 0.2) is 29.2 Å². The monoisotopic (exact) mass is 309 g/mol. The van der Waals surface area contributed by atoms with Gasteiger partial charge < -0.3 is 5.11 Å². The maximum absolute atomic E-state index is 11.7. The summed E-state index contributed by atoms with van der Waals surface area (Å²) < 4.78 is 0. The van der Waals surface area contributed by atoms with Gasteiger partial charge in [0.15, 0.2) is 0 Å². The SMILES string of the molecule is CCCCCCS1(C#N)Sc2ccccc2C1C(=O)O. The van der Waals surface area contributed by atoms with Gasteiger partial charge >= 0.3 is 5.97 Å². The van der Waals surface area contributed by atoms with Crippen LogP contribution in [0.2, 0.25) is 0 Å². The molecule has 1 aliphatic rings. The van der Waals surface area contributed by atoms with Gasteiger partial charge in [0.05, 0.1) is 0 Å². The summed E-state index contributed by atoms with van der Waals surface area (Å²) in [5.41, 5.74) is 0.831. The second kappa shape index (κ2) is 6.55. The molecule has 20 heavy (non-hydrogen) atoms. The summed E-state index contributed by atoms with van der Waals surface area (Å²) in [4.78, 5) is 12.7. The number of nitriles is 1. The van der Waals surface area contributed by atoms with E-state index in [0.29, 0.717) is 0 Å². The molecule has 0 fully saturated rings. The lowest BCUT2D eigenvalue weighted by molar-refractivity contribution is -0.136. The molecule has 0 saturated heterocycles. The van der Waals surface area contributed by atoms with Crippen molar-refractivity contribution in [2.45, 2.75) is 42.8 Å². The summed E-state index contributed by atoms with van der Waals surface area (Å²) in [5, 5.41) is 21.0. The Balaban J connectivity index is 2.25. The minimum absolute atomic E-state index is 0.629. The smallest absolute Gasteiger partial charge is 0.321 e. The van der Waals surface area contributed by atoms with Crippen molar-refractivity contribution in [2.24, 2.45) is 0 Å². The summed E-state index contributed by atoms with van der Waals surface area (Å²) in [6.07, 6.45) is 4.32. The topological polar surface area (TPSA) is 61.1 Å². The predicted molar refractivity (Wildman–Crippen MR) is 84.9 cm³/mol. The second-order valence-electron chi connectivity index (χ2n) is 4.92. The molecule has 108 valence electrons. The highest BCUT2D eigenvalue weighted by Crippen LogP contribution is 2.77. The van der Waals surface area contributed by atoms with Crippen LogP contribution in [-0.4, -0.2) is 16.8 Å². The van der Waals surface area contributed by atoms with E-state index in [-0.39, 0.29) is 0 Å². The van der Waals surface area contributed by atoms with E-state index in [0.717, 1.165) is 41.9 Å². The number of aliphatic carboxylic acids is 1. The predicted octanol–water partition coefficient (Wildman–Crippen LogP) is 4.70. The molecule has 2 atom stereocenters. The summed E-state index contributed by atoms with van der Waals surface area (Å²) in [7, 11) is -0.337. The number of fused-ring (bicyclic) bond motifs is 1. The summed E-state index contributed by atoms with van der Waals surface area (Å²) in [6.45, 7) is 2.15. The van der Waals surface area contributed by atoms with Crippen LogP contribution in [0, 0.1) is 10.7 Å². The zero-order valence-corrected chi connectivity index (χ0v) is 13.2. The Hall–Kier alpha value is -1.12. The van der Waals surface area contributed by atoms with Crippen molar-refractivity contribution in [3.05, 3.63) is 29.8 Å². The van der Waals surface area contributed by atoms with Crippen molar-refractivity contribution in [3.63, 3.8) is 0 Å². The van der Waals surface area contributed by atoms with E-state index < -0.39 is 20.3 Å². The molecular weight excluding hydrogens is 290 g/mol. The minimum atomic E-state index is -1.86. The fourth-order valence-electron chi connectivity index (χ4n) is 2.50. The second-order valence-corrected chi connectivity index (χ2v) is 10.3. The lowest BCUT2D eigenvalue weighted by Gasteiger charge is -2.30. The van der Waals surface area contributed by atoms with E-state index in [9.17, 15) is 15.2 Å². The van der Waals surface area contributed by atoms with Crippen molar-refractivity contribution >= 4 is 25.8 Å². The van der Waals surface area contributed by atoms with Crippen LogP contribution in [0.25, 0.3) is 0 Å². The molecule has 1 aliphatic heterocycles. The van der Waals surface area contributed by atoms with Crippen LogP contribution in [0.4, 0.5) is 0 Å². The quantitative estimate of drug-likeness (QED) is 0.470. The Labute approximate surface area is 125 Å². The number of carboxylic acid groups (broad SMARTS) is 1. The fraction of sp³-hybridized carbons (Fsp3) is 0.467. The Kier molecular flexibility index (Phi) is 5.00. The van der Waals surface area contributed by atoms with Gasteiger partial charge in [0.2, 0.25) is 0 Å². The van der Waals surface area contributed by atoms with Crippen LogP contribution in [0.1, 0.15) is 43.4 Å². The van der Waals surface area contributed by atoms with Gasteiger partial charge in [-0.25, -0.2) is 0 Å². The third-order valence-electron chi connectivity index (χ3n) is 3.50. The molecule has 5 heteroatoms. The van der Waals surface area contributed by atoms with Crippen LogP contribution in [-0.2, 0) is 4.79 Å². The highest BCUT2D eigenvalue weighted by Gasteiger charge is 2.47. The van der Waals surface area contributed by atoms with Gasteiger partial charge in [-0.05, 0) is 23.8 Å². The van der Waals surface area contributed by atoms with Gasteiger partial charge in [0.1, 0.15) is 10.7 Å². The van der Waals surface area contributed by atoms with E-state index in [4.69, 9.17) is 0 Å². The van der Waals surface area contributed by atoms with Gasteiger partial charge in [-0.15, -0.1) is 0 Å². The Morgan fingerprint density at radius 3 is 2.80 bits per heavy atom. The molecule has 1 heterocycles. The molecular formula is C15H19NO2S2. The minimum Gasteiger partial charge on any atom is -0.480 e. The average Bonchev–Trinajstić information content (AvgIpc) is 2.78. The van der Waals surface area contributed by atoms with Crippen LogP contribution >= 0.6 is 19.9 Å². The van der Waals surface area contributed by atoms with E-state index in [2.05, 4.69) is 12.3 Å². The summed E-state index contributed by atoms with van der Waals surface area (Å²) >= 11 is 0. The molecule has 1 aromatic rings. The number of carboxylic acids is 1. The van der Waals surface area contributed by atoms with Crippen molar-refractivity contribution in [1.29, 1.82) is 5.26 Å². The standard InChI is InChI=1S/C15H19NO2S2/c1-2-3-4-7-10-20(11-16)14(15(17)18)12-8-5-6-9-13(12)19-20/h5-6,8-9,14H,2-4,7,10H2,1H3,(H,17,18). The maximum Gasteiger partial charge on any atom is 0.321 e. The third kappa shape index (κ3) is 2.82. The highest BCUT2D eigenvalue weighted by atomic mass is 33.2. The first-order chi connectivity index (χ1) is 9.64. The number of nitrogens with zero attached hydrogens (tertiary/aromatic N) is 1. The molecule has 0 spiro atoms. The van der Waals surface area contributed by atoms with Crippen molar-refractivity contribution in [3.8, 4) is 5.40 Å². The molecule has 0 aromatic heterocycles. The first-order valence-electron chi connectivity index (χ1n) is 6.86. The number of thiocyanates is 1. The highest BCUT2D eigenvalue weighted by molar-refractivity contribution is 8.96. The number of unbranched alkanes of at least 4 members (excludes halogenated alkanes) is 3. The lowest BCUT2D eigenvalue weighted by atomic mass is 10.1. The Morgan fingerprint density at radius 2 is 2.15 bits per heavy atom. The normalized spacial score (nSPS) is 27.3. The van der Waals surface area contributed by atoms with E-state index in [1.807, 2.05) is 24.3 Å². The zero-order valence-electron chi connectivity index (χ0n) is 11.5. The fourth-order valence-corrected chi connectivity index (χ4v) is 8.52. The average molecular weight is 309 g/mol. The molecule has 1 aromatic carbocycles. The number of carbonyl (C=O) groups is 1. The summed E-state index contributed by atoms with van der Waals surface area (Å²) in [6, 6.07) is 7.57. The van der Waals surface area contributed by atoms with Crippen LogP contribution in [0.5, 0.6) is 0 Å². The largest absolute Gasteiger partial charge is 0.480 e. The summed E-state index contributed by atoms with van der Waals surface area (Å²) in [5.74, 6) is -0.130. The molecule has 3 nitrogen and oxygen atoms in total. The van der Waals surface area contributed by atoms with Crippen LogP contribution < -0.4 is 0 Å². The van der Waals surface area contributed by atoms with Gasteiger partial charge in [-0.2, -0.15) is 5.26 Å². The van der Waals surface area contributed by atoms with Crippen LogP contribution in [0.3, 0.4) is 0 Å². The van der Waals surface area contributed by atoms with E-state index in [1.54, 1.807) is 0 Å². The number of rotatable bonds is 6. The molecule has 0 radical (unpaired) electrons. The lowest BCUT2D eigenvalue weighted by Crippen LogP contribution is -2.15.